The third-order valence-electron chi connectivity index (χ3n) is 3.26. The lowest BCUT2D eigenvalue weighted by Crippen LogP contribution is -2.40. The molecule has 0 aromatic heterocycles. The molecule has 1 rings (SSSR count). The zero-order valence-electron chi connectivity index (χ0n) is 11.1. The first kappa shape index (κ1) is 14.5. The van der Waals surface area contributed by atoms with Crippen molar-refractivity contribution >= 4 is 5.91 Å². The molecule has 0 aromatic rings. The molecule has 0 heterocycles. The molecule has 0 radical (unpaired) electrons. The number of carbonyl (C=O) groups is 1. The van der Waals surface area contributed by atoms with Crippen molar-refractivity contribution < 1.29 is 9.53 Å². The van der Waals surface area contributed by atoms with Gasteiger partial charge in [0.1, 0.15) is 6.10 Å². The first-order valence-corrected chi connectivity index (χ1v) is 6.82. The van der Waals surface area contributed by atoms with Gasteiger partial charge in [0.2, 0.25) is 5.91 Å². The quantitative estimate of drug-likeness (QED) is 0.695. The highest BCUT2D eigenvalue weighted by molar-refractivity contribution is 5.80. The van der Waals surface area contributed by atoms with Gasteiger partial charge in [0.15, 0.2) is 0 Å². The fraction of sp³-hybridized carbons (Fsp3) is 0.923. The number of carbonyl (C=O) groups excluding carboxylic acids is 1. The first-order chi connectivity index (χ1) is 8.13. The standard InChI is InChI=1S/C13H26N2O2/c1-3-4-8-15-13(16)10(2)17-12-7-5-6-11(14)9-12/h10-12H,3-9,14H2,1-2H3,(H,15,16). The number of nitrogens with one attached hydrogen (secondary N) is 1. The van der Waals surface area contributed by atoms with E-state index in [1.807, 2.05) is 6.92 Å². The summed E-state index contributed by atoms with van der Waals surface area (Å²) in [6.07, 6.45) is 6.01. The van der Waals surface area contributed by atoms with Crippen LogP contribution in [0, 0.1) is 0 Å². The average molecular weight is 242 g/mol. The van der Waals surface area contributed by atoms with Gasteiger partial charge in [-0.15, -0.1) is 0 Å². The fourth-order valence-corrected chi connectivity index (χ4v) is 2.19. The highest BCUT2D eigenvalue weighted by atomic mass is 16.5. The van der Waals surface area contributed by atoms with Crippen molar-refractivity contribution in [3.8, 4) is 0 Å². The molecule has 100 valence electrons. The van der Waals surface area contributed by atoms with Crippen LogP contribution in [0.25, 0.3) is 0 Å². The van der Waals surface area contributed by atoms with Gasteiger partial charge in [0.25, 0.3) is 0 Å². The molecule has 0 aromatic carbocycles. The van der Waals surface area contributed by atoms with Crippen LogP contribution in [0.15, 0.2) is 0 Å². The summed E-state index contributed by atoms with van der Waals surface area (Å²) in [5, 5.41) is 2.89. The van der Waals surface area contributed by atoms with Gasteiger partial charge < -0.3 is 15.8 Å². The minimum atomic E-state index is -0.359. The van der Waals surface area contributed by atoms with Gasteiger partial charge in [-0.05, 0) is 39.0 Å². The Balaban J connectivity index is 2.22. The van der Waals surface area contributed by atoms with E-state index in [4.69, 9.17) is 10.5 Å². The molecule has 3 N–H and O–H groups in total. The number of hydrogen-bond acceptors (Lipinski definition) is 3. The smallest absolute Gasteiger partial charge is 0.248 e. The maximum absolute atomic E-state index is 11.7. The van der Waals surface area contributed by atoms with E-state index in [-0.39, 0.29) is 24.2 Å². The molecule has 4 nitrogen and oxygen atoms in total. The van der Waals surface area contributed by atoms with Crippen LogP contribution >= 0.6 is 0 Å². The number of nitrogens with two attached hydrogens (primary N) is 1. The largest absolute Gasteiger partial charge is 0.365 e. The molecule has 1 fully saturated rings. The second kappa shape index (κ2) is 7.67. The van der Waals surface area contributed by atoms with E-state index in [0.717, 1.165) is 45.1 Å². The van der Waals surface area contributed by atoms with Crippen LogP contribution in [0.2, 0.25) is 0 Å². The van der Waals surface area contributed by atoms with Crippen molar-refractivity contribution in [3.05, 3.63) is 0 Å². The van der Waals surface area contributed by atoms with Crippen molar-refractivity contribution in [2.75, 3.05) is 6.54 Å². The molecule has 3 atom stereocenters. The fourth-order valence-electron chi connectivity index (χ4n) is 2.19. The van der Waals surface area contributed by atoms with E-state index >= 15 is 0 Å². The monoisotopic (exact) mass is 242 g/mol. The summed E-state index contributed by atoms with van der Waals surface area (Å²) in [5.74, 6) is -0.00223. The normalized spacial score (nSPS) is 26.5. The minimum absolute atomic E-state index is 0.00223. The maximum Gasteiger partial charge on any atom is 0.248 e. The number of unbranched alkanes of at least 4 members (excludes halogenated alkanes) is 1. The number of rotatable bonds is 6. The summed E-state index contributed by atoms with van der Waals surface area (Å²) in [7, 11) is 0. The Morgan fingerprint density at radius 1 is 1.53 bits per heavy atom. The molecule has 1 aliphatic rings. The summed E-state index contributed by atoms with van der Waals surface area (Å²) in [5.41, 5.74) is 5.89. The predicted molar refractivity (Wildman–Crippen MR) is 68.7 cm³/mol. The highest BCUT2D eigenvalue weighted by Crippen LogP contribution is 2.20. The van der Waals surface area contributed by atoms with Gasteiger partial charge in [0, 0.05) is 12.6 Å². The first-order valence-electron chi connectivity index (χ1n) is 6.82. The number of amides is 1. The lowest BCUT2D eigenvalue weighted by atomic mass is 9.93. The molecule has 0 aliphatic heterocycles. The molecule has 17 heavy (non-hydrogen) atoms. The number of hydrogen-bond donors (Lipinski definition) is 2. The molecule has 1 amide bonds. The van der Waals surface area contributed by atoms with Crippen molar-refractivity contribution in [1.29, 1.82) is 0 Å². The van der Waals surface area contributed by atoms with Crippen LogP contribution in [-0.4, -0.2) is 30.7 Å². The lowest BCUT2D eigenvalue weighted by Gasteiger charge is -2.28. The third kappa shape index (κ3) is 5.50. The molecular formula is C13H26N2O2. The Bertz CT molecular complexity index is 233. The van der Waals surface area contributed by atoms with Gasteiger partial charge in [-0.25, -0.2) is 0 Å². The van der Waals surface area contributed by atoms with Gasteiger partial charge in [-0.3, -0.25) is 4.79 Å². The Kier molecular flexibility index (Phi) is 6.52. The van der Waals surface area contributed by atoms with Crippen LogP contribution in [-0.2, 0) is 9.53 Å². The Morgan fingerprint density at radius 2 is 2.29 bits per heavy atom. The predicted octanol–water partition coefficient (Wildman–Crippen LogP) is 1.58. The highest BCUT2D eigenvalue weighted by Gasteiger charge is 2.24. The van der Waals surface area contributed by atoms with E-state index in [1.54, 1.807) is 0 Å². The van der Waals surface area contributed by atoms with Crippen molar-refractivity contribution in [3.63, 3.8) is 0 Å². The summed E-state index contributed by atoms with van der Waals surface area (Å²) < 4.78 is 5.76. The molecule has 0 spiro atoms. The van der Waals surface area contributed by atoms with Crippen LogP contribution in [0.1, 0.15) is 52.4 Å². The molecule has 1 aliphatic carbocycles. The molecule has 0 bridgehead atoms. The van der Waals surface area contributed by atoms with Crippen molar-refractivity contribution in [2.45, 2.75) is 70.6 Å². The third-order valence-corrected chi connectivity index (χ3v) is 3.26. The summed E-state index contributed by atoms with van der Waals surface area (Å²) in [6.45, 7) is 4.67. The Hall–Kier alpha value is -0.610. The second-order valence-corrected chi connectivity index (χ2v) is 4.97. The molecule has 0 saturated heterocycles. The van der Waals surface area contributed by atoms with Crippen LogP contribution < -0.4 is 11.1 Å². The van der Waals surface area contributed by atoms with Gasteiger partial charge in [0.05, 0.1) is 6.10 Å². The summed E-state index contributed by atoms with van der Waals surface area (Å²) in [4.78, 5) is 11.7. The Labute approximate surface area is 104 Å². The van der Waals surface area contributed by atoms with Crippen LogP contribution in [0.5, 0.6) is 0 Å². The van der Waals surface area contributed by atoms with Gasteiger partial charge >= 0.3 is 0 Å². The zero-order valence-corrected chi connectivity index (χ0v) is 11.1. The SMILES string of the molecule is CCCCNC(=O)C(C)OC1CCCC(N)C1. The lowest BCUT2D eigenvalue weighted by molar-refractivity contribution is -0.136. The number of ether oxygens (including phenoxy) is 1. The average Bonchev–Trinajstić information content (AvgIpc) is 2.29. The van der Waals surface area contributed by atoms with E-state index in [2.05, 4.69) is 12.2 Å². The zero-order chi connectivity index (χ0) is 12.7. The van der Waals surface area contributed by atoms with Crippen LogP contribution in [0.3, 0.4) is 0 Å². The van der Waals surface area contributed by atoms with Crippen LogP contribution in [0.4, 0.5) is 0 Å². The van der Waals surface area contributed by atoms with E-state index in [0.29, 0.717) is 0 Å². The maximum atomic E-state index is 11.7. The summed E-state index contributed by atoms with van der Waals surface area (Å²) >= 11 is 0. The summed E-state index contributed by atoms with van der Waals surface area (Å²) in [6, 6.07) is 0.240. The molecule has 1 saturated carbocycles. The van der Waals surface area contributed by atoms with E-state index in [1.165, 1.54) is 0 Å². The molecule has 3 unspecified atom stereocenters. The molecular weight excluding hydrogens is 216 g/mol. The van der Waals surface area contributed by atoms with Gasteiger partial charge in [-0.2, -0.15) is 0 Å². The molecule has 4 heteroatoms. The Morgan fingerprint density at radius 3 is 2.94 bits per heavy atom. The second-order valence-electron chi connectivity index (χ2n) is 4.97. The van der Waals surface area contributed by atoms with E-state index in [9.17, 15) is 4.79 Å². The van der Waals surface area contributed by atoms with Gasteiger partial charge in [-0.1, -0.05) is 13.3 Å². The van der Waals surface area contributed by atoms with Crippen molar-refractivity contribution in [1.82, 2.24) is 5.32 Å². The van der Waals surface area contributed by atoms with E-state index < -0.39 is 0 Å². The minimum Gasteiger partial charge on any atom is -0.365 e. The van der Waals surface area contributed by atoms with Crippen molar-refractivity contribution in [2.24, 2.45) is 5.73 Å². The topological polar surface area (TPSA) is 64.3 Å².